The Morgan fingerprint density at radius 2 is 1.64 bits per heavy atom. The number of nitrogens with zero attached hydrogens (tertiary/aromatic N) is 3. The summed E-state index contributed by atoms with van der Waals surface area (Å²) in [4.78, 5) is 11.1. The lowest BCUT2D eigenvalue weighted by atomic mass is 10.2. The molecule has 128 valence electrons. The molecule has 0 unspecified atom stereocenters. The minimum atomic E-state index is 0.544. The summed E-state index contributed by atoms with van der Waals surface area (Å²) in [5.74, 6) is 1.28. The van der Waals surface area contributed by atoms with E-state index in [2.05, 4.69) is 27.4 Å². The van der Waals surface area contributed by atoms with Crippen molar-refractivity contribution in [2.75, 3.05) is 17.3 Å². The summed E-state index contributed by atoms with van der Waals surface area (Å²) in [6, 6.07) is 17.4. The predicted molar refractivity (Wildman–Crippen MR) is 105 cm³/mol. The summed E-state index contributed by atoms with van der Waals surface area (Å²) in [6.07, 6.45) is 0. The molecule has 1 heterocycles. The van der Waals surface area contributed by atoms with Gasteiger partial charge in [0.05, 0.1) is 15.7 Å². The summed E-state index contributed by atoms with van der Waals surface area (Å²) < 4.78 is 0. The normalized spacial score (nSPS) is 10.6. The number of benzene rings is 2. The first kappa shape index (κ1) is 17.5. The first-order chi connectivity index (χ1) is 12.0. The van der Waals surface area contributed by atoms with Crippen LogP contribution in [0.4, 0.5) is 17.5 Å². The smallest absolute Gasteiger partial charge is 0.227 e. The van der Waals surface area contributed by atoms with E-state index in [1.807, 2.05) is 43.1 Å². The van der Waals surface area contributed by atoms with Crippen LogP contribution in [0.1, 0.15) is 11.3 Å². The van der Waals surface area contributed by atoms with Crippen molar-refractivity contribution in [2.45, 2.75) is 13.5 Å². The van der Waals surface area contributed by atoms with E-state index in [1.54, 1.807) is 18.2 Å². The topological polar surface area (TPSA) is 41.1 Å². The van der Waals surface area contributed by atoms with Gasteiger partial charge in [-0.3, -0.25) is 0 Å². The van der Waals surface area contributed by atoms with E-state index in [1.165, 1.54) is 5.56 Å². The molecule has 6 heteroatoms. The molecule has 0 fully saturated rings. The molecule has 0 aliphatic carbocycles. The molecule has 1 N–H and O–H groups in total. The maximum absolute atomic E-state index is 6.23. The Labute approximate surface area is 157 Å². The number of anilines is 3. The number of nitrogens with one attached hydrogen (secondary N) is 1. The molecule has 25 heavy (non-hydrogen) atoms. The van der Waals surface area contributed by atoms with Gasteiger partial charge in [-0.1, -0.05) is 59.6 Å². The van der Waals surface area contributed by atoms with Crippen LogP contribution >= 0.6 is 23.2 Å². The Bertz CT molecular complexity index is 848. The van der Waals surface area contributed by atoms with Gasteiger partial charge in [-0.25, -0.2) is 4.98 Å². The van der Waals surface area contributed by atoms with Gasteiger partial charge in [-0.05, 0) is 24.6 Å². The molecule has 0 aliphatic heterocycles. The fourth-order valence-corrected chi connectivity index (χ4v) is 2.95. The van der Waals surface area contributed by atoms with Crippen molar-refractivity contribution < 1.29 is 0 Å². The third-order valence-corrected chi connectivity index (χ3v) is 4.29. The van der Waals surface area contributed by atoms with Crippen molar-refractivity contribution in [2.24, 2.45) is 0 Å². The summed E-state index contributed by atoms with van der Waals surface area (Å²) >= 11 is 12.5. The standard InChI is InChI=1S/C19H18Cl2N4/c1-13-11-17(23-18-15(20)9-6-10-16(18)21)24-19(22-13)25(2)12-14-7-4-3-5-8-14/h3-11H,12H2,1-2H3,(H,22,23,24). The van der Waals surface area contributed by atoms with Crippen molar-refractivity contribution in [3.8, 4) is 0 Å². The van der Waals surface area contributed by atoms with E-state index in [0.29, 0.717) is 27.5 Å². The zero-order valence-electron chi connectivity index (χ0n) is 14.0. The number of halogens is 2. The van der Waals surface area contributed by atoms with Gasteiger partial charge < -0.3 is 10.2 Å². The Hall–Kier alpha value is -2.30. The third kappa shape index (κ3) is 4.41. The van der Waals surface area contributed by atoms with Crippen LogP contribution in [0, 0.1) is 6.92 Å². The van der Waals surface area contributed by atoms with Crippen molar-refractivity contribution >= 4 is 40.7 Å². The first-order valence-electron chi connectivity index (χ1n) is 7.85. The third-order valence-electron chi connectivity index (χ3n) is 3.66. The highest BCUT2D eigenvalue weighted by Gasteiger charge is 2.11. The van der Waals surface area contributed by atoms with Crippen LogP contribution in [0.3, 0.4) is 0 Å². The van der Waals surface area contributed by atoms with Gasteiger partial charge in [-0.15, -0.1) is 0 Å². The highest BCUT2D eigenvalue weighted by atomic mass is 35.5. The molecule has 0 bridgehead atoms. The average Bonchev–Trinajstić information content (AvgIpc) is 2.59. The second kappa shape index (κ2) is 7.72. The second-order valence-electron chi connectivity index (χ2n) is 5.76. The minimum absolute atomic E-state index is 0.544. The van der Waals surface area contributed by atoms with Crippen LogP contribution in [-0.4, -0.2) is 17.0 Å². The van der Waals surface area contributed by atoms with E-state index in [9.17, 15) is 0 Å². The highest BCUT2D eigenvalue weighted by molar-refractivity contribution is 6.39. The fraction of sp³-hybridized carbons (Fsp3) is 0.158. The van der Waals surface area contributed by atoms with Gasteiger partial charge in [0.2, 0.25) is 5.95 Å². The van der Waals surface area contributed by atoms with Crippen molar-refractivity contribution in [1.29, 1.82) is 0 Å². The molecule has 0 amide bonds. The lowest BCUT2D eigenvalue weighted by molar-refractivity contribution is 0.861. The summed E-state index contributed by atoms with van der Waals surface area (Å²) in [6.45, 7) is 2.65. The quantitative estimate of drug-likeness (QED) is 0.644. The lowest BCUT2D eigenvalue weighted by Crippen LogP contribution is -2.19. The molecule has 0 saturated carbocycles. The van der Waals surface area contributed by atoms with Crippen LogP contribution in [-0.2, 0) is 6.54 Å². The summed E-state index contributed by atoms with van der Waals surface area (Å²) in [7, 11) is 1.97. The van der Waals surface area contributed by atoms with Gasteiger partial charge in [0, 0.05) is 25.4 Å². The van der Waals surface area contributed by atoms with E-state index in [0.717, 1.165) is 12.2 Å². The van der Waals surface area contributed by atoms with Gasteiger partial charge in [0.25, 0.3) is 0 Å². The molecule has 2 aromatic carbocycles. The number of aryl methyl sites for hydroxylation is 1. The Kier molecular flexibility index (Phi) is 5.41. The number of hydrogen-bond donors (Lipinski definition) is 1. The maximum atomic E-state index is 6.23. The average molecular weight is 373 g/mol. The summed E-state index contributed by atoms with van der Waals surface area (Å²) in [5, 5.41) is 4.29. The van der Waals surface area contributed by atoms with Crippen LogP contribution in [0.15, 0.2) is 54.6 Å². The van der Waals surface area contributed by atoms with Crippen molar-refractivity contribution in [1.82, 2.24) is 9.97 Å². The second-order valence-corrected chi connectivity index (χ2v) is 6.57. The summed E-state index contributed by atoms with van der Waals surface area (Å²) in [5.41, 5.74) is 2.69. The molecule has 3 rings (SSSR count). The zero-order valence-corrected chi connectivity index (χ0v) is 15.5. The van der Waals surface area contributed by atoms with Crippen molar-refractivity contribution in [3.05, 3.63) is 75.9 Å². The van der Waals surface area contributed by atoms with E-state index in [-0.39, 0.29) is 0 Å². The Balaban J connectivity index is 1.85. The number of rotatable bonds is 5. The lowest BCUT2D eigenvalue weighted by Gasteiger charge is -2.19. The number of hydrogen-bond acceptors (Lipinski definition) is 4. The van der Waals surface area contributed by atoms with Crippen LogP contribution < -0.4 is 10.2 Å². The molecule has 0 radical (unpaired) electrons. The van der Waals surface area contributed by atoms with Crippen molar-refractivity contribution in [3.63, 3.8) is 0 Å². The number of para-hydroxylation sites is 1. The Morgan fingerprint density at radius 1 is 0.960 bits per heavy atom. The van der Waals surface area contributed by atoms with Crippen LogP contribution in [0.25, 0.3) is 0 Å². The van der Waals surface area contributed by atoms with E-state index < -0.39 is 0 Å². The van der Waals surface area contributed by atoms with Crippen LogP contribution in [0.2, 0.25) is 10.0 Å². The minimum Gasteiger partial charge on any atom is -0.339 e. The maximum Gasteiger partial charge on any atom is 0.227 e. The molecule has 4 nitrogen and oxygen atoms in total. The highest BCUT2D eigenvalue weighted by Crippen LogP contribution is 2.32. The van der Waals surface area contributed by atoms with Gasteiger partial charge in [0.1, 0.15) is 5.82 Å². The van der Waals surface area contributed by atoms with Gasteiger partial charge in [-0.2, -0.15) is 4.98 Å². The molecule has 3 aromatic rings. The monoisotopic (exact) mass is 372 g/mol. The first-order valence-corrected chi connectivity index (χ1v) is 8.60. The van der Waals surface area contributed by atoms with E-state index >= 15 is 0 Å². The molecule has 0 atom stereocenters. The molecular formula is C19H18Cl2N4. The molecule has 0 aliphatic rings. The number of aromatic nitrogens is 2. The van der Waals surface area contributed by atoms with Gasteiger partial charge >= 0.3 is 0 Å². The van der Waals surface area contributed by atoms with Crippen LogP contribution in [0.5, 0.6) is 0 Å². The molecular weight excluding hydrogens is 355 g/mol. The Morgan fingerprint density at radius 3 is 2.32 bits per heavy atom. The molecule has 1 aromatic heterocycles. The molecule has 0 saturated heterocycles. The van der Waals surface area contributed by atoms with E-state index in [4.69, 9.17) is 23.2 Å². The zero-order chi connectivity index (χ0) is 17.8. The predicted octanol–water partition coefficient (Wildman–Crippen LogP) is 5.47. The SMILES string of the molecule is Cc1cc(Nc2c(Cl)cccc2Cl)nc(N(C)Cc2ccccc2)n1. The van der Waals surface area contributed by atoms with Gasteiger partial charge in [0.15, 0.2) is 0 Å². The fourth-order valence-electron chi connectivity index (χ4n) is 2.46. The largest absolute Gasteiger partial charge is 0.339 e. The molecule has 0 spiro atoms.